The lowest BCUT2D eigenvalue weighted by molar-refractivity contribution is -0.129. The van der Waals surface area contributed by atoms with Gasteiger partial charge in [0.25, 0.3) is 0 Å². The summed E-state index contributed by atoms with van der Waals surface area (Å²) in [7, 11) is 0. The van der Waals surface area contributed by atoms with E-state index in [0.29, 0.717) is 19.5 Å². The minimum absolute atomic E-state index is 0.0336. The molecule has 1 aromatic heterocycles. The van der Waals surface area contributed by atoms with Gasteiger partial charge in [0, 0.05) is 37.2 Å². The molecule has 1 atom stereocenters. The van der Waals surface area contributed by atoms with Gasteiger partial charge >= 0.3 is 0 Å². The summed E-state index contributed by atoms with van der Waals surface area (Å²) in [6.45, 7) is 2.73. The summed E-state index contributed by atoms with van der Waals surface area (Å²) >= 11 is 0. The van der Waals surface area contributed by atoms with Crippen LogP contribution in [-0.2, 0) is 16.0 Å². The number of nitrogens with zero attached hydrogens (tertiary/aromatic N) is 2. The average molecular weight is 389 g/mol. The number of rotatable bonds is 5. The van der Waals surface area contributed by atoms with Gasteiger partial charge in [0.2, 0.25) is 11.8 Å². The number of amides is 2. The van der Waals surface area contributed by atoms with E-state index < -0.39 is 0 Å². The Morgan fingerprint density at radius 1 is 1.14 bits per heavy atom. The van der Waals surface area contributed by atoms with Gasteiger partial charge in [-0.05, 0) is 29.8 Å². The Bertz CT molecular complexity index is 1030. The molecule has 148 valence electrons. The van der Waals surface area contributed by atoms with Crippen LogP contribution in [0.5, 0.6) is 5.75 Å². The molecule has 0 spiro atoms. The van der Waals surface area contributed by atoms with Crippen molar-refractivity contribution in [2.24, 2.45) is 0 Å². The van der Waals surface area contributed by atoms with Gasteiger partial charge in [-0.15, -0.1) is 0 Å². The SMILES string of the molecule is CC(=O)Nc1ccc(CC(=O)N2CC[C@@H](Oc3cccc4cccnc34)C2)cc1. The van der Waals surface area contributed by atoms with Gasteiger partial charge in [-0.3, -0.25) is 14.6 Å². The second-order valence-corrected chi connectivity index (χ2v) is 7.25. The van der Waals surface area contributed by atoms with E-state index in [4.69, 9.17) is 4.74 Å². The number of benzene rings is 2. The van der Waals surface area contributed by atoms with E-state index in [9.17, 15) is 9.59 Å². The molecule has 1 fully saturated rings. The Labute approximate surface area is 169 Å². The Morgan fingerprint density at radius 2 is 1.93 bits per heavy atom. The highest BCUT2D eigenvalue weighted by Crippen LogP contribution is 2.26. The van der Waals surface area contributed by atoms with E-state index in [2.05, 4.69) is 10.3 Å². The monoisotopic (exact) mass is 389 g/mol. The van der Waals surface area contributed by atoms with Gasteiger partial charge < -0.3 is 15.0 Å². The Hall–Kier alpha value is -3.41. The highest BCUT2D eigenvalue weighted by molar-refractivity contribution is 5.88. The number of para-hydroxylation sites is 1. The Morgan fingerprint density at radius 3 is 2.72 bits per heavy atom. The van der Waals surface area contributed by atoms with Crippen molar-refractivity contribution in [3.05, 3.63) is 66.4 Å². The fourth-order valence-corrected chi connectivity index (χ4v) is 3.60. The van der Waals surface area contributed by atoms with Crippen molar-refractivity contribution in [2.45, 2.75) is 25.9 Å². The molecule has 2 aromatic carbocycles. The summed E-state index contributed by atoms with van der Waals surface area (Å²) in [4.78, 5) is 30.1. The number of anilines is 1. The lowest BCUT2D eigenvalue weighted by Gasteiger charge is -2.18. The third-order valence-corrected chi connectivity index (χ3v) is 5.02. The van der Waals surface area contributed by atoms with Crippen LogP contribution in [0.15, 0.2) is 60.8 Å². The lowest BCUT2D eigenvalue weighted by atomic mass is 10.1. The maximum absolute atomic E-state index is 12.7. The first-order valence-electron chi connectivity index (χ1n) is 9.73. The number of fused-ring (bicyclic) bond motifs is 1. The number of carbonyl (C=O) groups is 2. The number of likely N-dealkylation sites (tertiary alicyclic amines) is 1. The molecule has 2 amide bonds. The van der Waals surface area contributed by atoms with E-state index in [1.165, 1.54) is 6.92 Å². The molecule has 0 saturated carbocycles. The summed E-state index contributed by atoms with van der Waals surface area (Å²) in [5, 5.41) is 3.77. The molecule has 1 aliphatic rings. The van der Waals surface area contributed by atoms with Gasteiger partial charge in [-0.1, -0.05) is 30.3 Å². The van der Waals surface area contributed by atoms with Gasteiger partial charge in [0.05, 0.1) is 13.0 Å². The van der Waals surface area contributed by atoms with Gasteiger partial charge in [0.1, 0.15) is 17.4 Å². The van der Waals surface area contributed by atoms with Crippen molar-refractivity contribution in [3.8, 4) is 5.75 Å². The molecule has 0 unspecified atom stereocenters. The third kappa shape index (κ3) is 4.54. The van der Waals surface area contributed by atoms with Crippen molar-refractivity contribution in [1.82, 2.24) is 9.88 Å². The van der Waals surface area contributed by atoms with Crippen LogP contribution in [0.1, 0.15) is 18.9 Å². The van der Waals surface area contributed by atoms with Crippen molar-refractivity contribution < 1.29 is 14.3 Å². The minimum atomic E-state index is -0.113. The molecular formula is C23H23N3O3. The molecule has 0 aliphatic carbocycles. The molecule has 1 saturated heterocycles. The standard InChI is InChI=1S/C23H23N3O3/c1-16(27)25-19-9-7-17(8-10-19)14-22(28)26-13-11-20(15-26)29-21-6-2-4-18-5-3-12-24-23(18)21/h2-10,12,20H,11,13-15H2,1H3,(H,25,27)/t20-/m1/s1. The zero-order valence-electron chi connectivity index (χ0n) is 16.3. The molecule has 1 aliphatic heterocycles. The second kappa shape index (κ2) is 8.31. The Balaban J connectivity index is 1.35. The molecule has 6 heteroatoms. The normalized spacial score (nSPS) is 16.0. The van der Waals surface area contributed by atoms with Gasteiger partial charge in [0.15, 0.2) is 0 Å². The molecular weight excluding hydrogens is 366 g/mol. The predicted molar refractivity (Wildman–Crippen MR) is 112 cm³/mol. The molecule has 1 N–H and O–H groups in total. The van der Waals surface area contributed by atoms with Crippen LogP contribution in [0.2, 0.25) is 0 Å². The first-order chi connectivity index (χ1) is 14.1. The molecule has 3 aromatic rings. The number of ether oxygens (including phenoxy) is 1. The van der Waals surface area contributed by atoms with Gasteiger partial charge in [-0.2, -0.15) is 0 Å². The summed E-state index contributed by atoms with van der Waals surface area (Å²) in [6.07, 6.45) is 2.87. The van der Waals surface area contributed by atoms with Gasteiger partial charge in [-0.25, -0.2) is 0 Å². The lowest BCUT2D eigenvalue weighted by Crippen LogP contribution is -2.32. The first-order valence-corrected chi connectivity index (χ1v) is 9.73. The summed E-state index contributed by atoms with van der Waals surface area (Å²) in [6, 6.07) is 17.2. The van der Waals surface area contributed by atoms with E-state index in [1.54, 1.807) is 6.20 Å². The summed E-state index contributed by atoms with van der Waals surface area (Å²) < 4.78 is 6.18. The van der Waals surface area contributed by atoms with Crippen molar-refractivity contribution in [2.75, 3.05) is 18.4 Å². The minimum Gasteiger partial charge on any atom is -0.486 e. The Kier molecular flexibility index (Phi) is 5.42. The van der Waals surface area contributed by atoms with Crippen LogP contribution in [0.3, 0.4) is 0 Å². The zero-order valence-corrected chi connectivity index (χ0v) is 16.3. The molecule has 0 bridgehead atoms. The quantitative estimate of drug-likeness (QED) is 0.726. The van der Waals surface area contributed by atoms with Crippen LogP contribution in [0.25, 0.3) is 10.9 Å². The predicted octanol–water partition coefficient (Wildman–Crippen LogP) is 3.42. The molecule has 0 radical (unpaired) electrons. The fourth-order valence-electron chi connectivity index (χ4n) is 3.60. The largest absolute Gasteiger partial charge is 0.486 e. The van der Waals surface area contributed by atoms with E-state index in [0.717, 1.165) is 34.3 Å². The topological polar surface area (TPSA) is 71.5 Å². The van der Waals surface area contributed by atoms with E-state index in [1.807, 2.05) is 59.5 Å². The smallest absolute Gasteiger partial charge is 0.227 e. The molecule has 2 heterocycles. The molecule has 6 nitrogen and oxygen atoms in total. The second-order valence-electron chi connectivity index (χ2n) is 7.25. The summed E-state index contributed by atoms with van der Waals surface area (Å²) in [5.41, 5.74) is 2.50. The number of aromatic nitrogens is 1. The van der Waals surface area contributed by atoms with E-state index >= 15 is 0 Å². The van der Waals surface area contributed by atoms with Crippen molar-refractivity contribution in [1.29, 1.82) is 0 Å². The summed E-state index contributed by atoms with van der Waals surface area (Å²) in [5.74, 6) is 0.730. The maximum atomic E-state index is 12.7. The number of nitrogens with one attached hydrogen (secondary N) is 1. The highest BCUT2D eigenvalue weighted by atomic mass is 16.5. The average Bonchev–Trinajstić information content (AvgIpc) is 3.18. The van der Waals surface area contributed by atoms with Crippen LogP contribution in [0.4, 0.5) is 5.69 Å². The van der Waals surface area contributed by atoms with Crippen molar-refractivity contribution in [3.63, 3.8) is 0 Å². The maximum Gasteiger partial charge on any atom is 0.227 e. The van der Waals surface area contributed by atoms with Crippen molar-refractivity contribution >= 4 is 28.4 Å². The van der Waals surface area contributed by atoms with Crippen LogP contribution in [-0.4, -0.2) is 40.9 Å². The van der Waals surface area contributed by atoms with Crippen LogP contribution in [0, 0.1) is 0 Å². The van der Waals surface area contributed by atoms with Crippen LogP contribution < -0.4 is 10.1 Å². The fraction of sp³-hybridized carbons (Fsp3) is 0.261. The number of hydrogen-bond donors (Lipinski definition) is 1. The molecule has 4 rings (SSSR count). The van der Waals surface area contributed by atoms with E-state index in [-0.39, 0.29) is 17.9 Å². The first kappa shape index (κ1) is 18.9. The van der Waals surface area contributed by atoms with Crippen LogP contribution >= 0.6 is 0 Å². The highest BCUT2D eigenvalue weighted by Gasteiger charge is 2.28. The third-order valence-electron chi connectivity index (χ3n) is 5.02. The zero-order chi connectivity index (χ0) is 20.2. The number of hydrogen-bond acceptors (Lipinski definition) is 4. The molecule has 29 heavy (non-hydrogen) atoms. The number of carbonyl (C=O) groups excluding carboxylic acids is 2. The number of pyridine rings is 1.